The van der Waals surface area contributed by atoms with Gasteiger partial charge in [0.05, 0.1) is 12.1 Å². The smallest absolute Gasteiger partial charge is 0.243 e. The van der Waals surface area contributed by atoms with E-state index in [1.54, 1.807) is 11.8 Å². The van der Waals surface area contributed by atoms with Crippen LogP contribution in [0.15, 0.2) is 23.1 Å². The topological polar surface area (TPSA) is 75.7 Å². The molecule has 2 saturated carbocycles. The number of amides is 2. The molecule has 2 aliphatic carbocycles. The number of likely N-dealkylation sites (N-methyl/N-ethyl adjacent to an activating group) is 1. The highest BCUT2D eigenvalue weighted by atomic mass is 32.2. The van der Waals surface area contributed by atoms with E-state index >= 15 is 0 Å². The van der Waals surface area contributed by atoms with Crippen molar-refractivity contribution in [1.82, 2.24) is 10.2 Å². The number of hydrogen-bond donors (Lipinski definition) is 1. The molecule has 0 radical (unpaired) electrons. The van der Waals surface area contributed by atoms with E-state index in [4.69, 9.17) is 4.74 Å². The molecule has 1 heterocycles. The van der Waals surface area contributed by atoms with Gasteiger partial charge in [-0.2, -0.15) is 0 Å². The second-order valence-corrected chi connectivity index (χ2v) is 13.6. The Balaban J connectivity index is 1.14. The molecule has 2 amide bonds. The fraction of sp³-hybridized carbons (Fsp3) is 0.719. The molecule has 1 aromatic carbocycles. The number of fused-ring (bicyclic) bond motifs is 2. The van der Waals surface area contributed by atoms with Gasteiger partial charge in [0.1, 0.15) is 6.29 Å². The summed E-state index contributed by atoms with van der Waals surface area (Å²) < 4.78 is 6.46. The SMILES string of the molecule is CC1CC2CC(C)C(OCCCCCCCSc3cccc(C=O)c3CN(C)C3CCC(=O)NC3=O)C(C1)C2. The minimum absolute atomic E-state index is 0.211. The minimum atomic E-state index is -0.353. The van der Waals surface area contributed by atoms with Gasteiger partial charge in [0, 0.05) is 30.0 Å². The van der Waals surface area contributed by atoms with Gasteiger partial charge in [0.15, 0.2) is 0 Å². The van der Waals surface area contributed by atoms with Gasteiger partial charge in [-0.1, -0.05) is 45.2 Å². The van der Waals surface area contributed by atoms with E-state index in [9.17, 15) is 14.4 Å². The Morgan fingerprint density at radius 2 is 1.85 bits per heavy atom. The van der Waals surface area contributed by atoms with Crippen molar-refractivity contribution in [3.63, 3.8) is 0 Å². The maximum absolute atomic E-state index is 12.3. The molecule has 1 N–H and O–H groups in total. The normalized spacial score (nSPS) is 28.9. The first-order chi connectivity index (χ1) is 18.9. The Kier molecular flexibility index (Phi) is 11.5. The zero-order chi connectivity index (χ0) is 27.8. The number of thioether (sulfide) groups is 1. The molecule has 6 atom stereocenters. The van der Waals surface area contributed by atoms with Gasteiger partial charge in [-0.3, -0.25) is 24.6 Å². The Labute approximate surface area is 239 Å². The monoisotopic (exact) mass is 556 g/mol. The summed E-state index contributed by atoms with van der Waals surface area (Å²) in [5.74, 6) is 3.85. The lowest BCUT2D eigenvalue weighted by Crippen LogP contribution is -2.51. The molecule has 4 rings (SSSR count). The highest BCUT2D eigenvalue weighted by Gasteiger charge is 2.40. The third-order valence-electron chi connectivity index (χ3n) is 9.11. The maximum atomic E-state index is 12.3. The second-order valence-electron chi connectivity index (χ2n) is 12.4. The van der Waals surface area contributed by atoms with E-state index in [1.165, 1.54) is 44.9 Å². The van der Waals surface area contributed by atoms with Gasteiger partial charge < -0.3 is 4.74 Å². The second kappa shape index (κ2) is 14.8. The molecular formula is C32H48N2O4S. The predicted molar refractivity (Wildman–Crippen MR) is 157 cm³/mol. The van der Waals surface area contributed by atoms with E-state index < -0.39 is 0 Å². The lowest BCUT2D eigenvalue weighted by atomic mass is 9.64. The number of carbonyl (C=O) groups is 3. The van der Waals surface area contributed by atoms with Gasteiger partial charge in [-0.05, 0) is 93.0 Å². The average molecular weight is 557 g/mol. The summed E-state index contributed by atoms with van der Waals surface area (Å²) in [6, 6.07) is 5.50. The minimum Gasteiger partial charge on any atom is -0.378 e. The highest BCUT2D eigenvalue weighted by molar-refractivity contribution is 7.99. The van der Waals surface area contributed by atoms with Crippen LogP contribution in [0.2, 0.25) is 0 Å². The molecule has 0 aromatic heterocycles. The van der Waals surface area contributed by atoms with E-state index in [0.717, 1.165) is 59.7 Å². The number of imide groups is 1. The van der Waals surface area contributed by atoms with E-state index in [0.29, 0.717) is 37.0 Å². The molecule has 1 aliphatic heterocycles. The van der Waals surface area contributed by atoms with Crippen molar-refractivity contribution in [3.8, 4) is 0 Å². The molecule has 2 bridgehead atoms. The van der Waals surface area contributed by atoms with Crippen LogP contribution >= 0.6 is 11.8 Å². The first kappa shape index (κ1) is 30.3. The van der Waals surface area contributed by atoms with Crippen LogP contribution in [0, 0.1) is 23.7 Å². The van der Waals surface area contributed by atoms with Crippen LogP contribution in [-0.4, -0.2) is 54.6 Å². The molecule has 6 nitrogen and oxygen atoms in total. The predicted octanol–water partition coefficient (Wildman–Crippen LogP) is 6.26. The summed E-state index contributed by atoms with van der Waals surface area (Å²) in [6.45, 7) is 6.23. The van der Waals surface area contributed by atoms with Crippen LogP contribution in [0.3, 0.4) is 0 Å². The van der Waals surface area contributed by atoms with Crippen LogP contribution in [0.25, 0.3) is 0 Å². The standard InChI is InChI=1S/C32H48N2O4S/c1-22-16-24-18-23(2)31(26(17-22)19-24)38-14-7-5-4-6-8-15-39-29-11-9-10-25(21-35)27(29)20-34(3)28-12-13-30(36)33-32(28)37/h9-11,21-24,26,28,31H,4-8,12-20H2,1-3H3,(H,33,36,37). The number of unbranched alkanes of at least 4 members (excludes halogenated alkanes) is 4. The van der Waals surface area contributed by atoms with Crippen molar-refractivity contribution in [3.05, 3.63) is 29.3 Å². The number of carbonyl (C=O) groups excluding carboxylic acids is 3. The van der Waals surface area contributed by atoms with Crippen LogP contribution in [0.1, 0.15) is 100 Å². The lowest BCUT2D eigenvalue weighted by Gasteiger charge is -2.46. The van der Waals surface area contributed by atoms with Crippen molar-refractivity contribution in [2.24, 2.45) is 23.7 Å². The van der Waals surface area contributed by atoms with Crippen LogP contribution in [0.4, 0.5) is 0 Å². The van der Waals surface area contributed by atoms with Gasteiger partial charge in [-0.25, -0.2) is 0 Å². The van der Waals surface area contributed by atoms with Gasteiger partial charge in [0.25, 0.3) is 0 Å². The number of hydrogen-bond acceptors (Lipinski definition) is 6. The molecule has 39 heavy (non-hydrogen) atoms. The van der Waals surface area contributed by atoms with Crippen LogP contribution in [0.5, 0.6) is 0 Å². The molecule has 216 valence electrons. The molecule has 6 unspecified atom stereocenters. The molecule has 7 heteroatoms. The van der Waals surface area contributed by atoms with Crippen molar-refractivity contribution >= 4 is 29.9 Å². The Bertz CT molecular complexity index is 981. The van der Waals surface area contributed by atoms with Crippen molar-refractivity contribution < 1.29 is 19.1 Å². The van der Waals surface area contributed by atoms with E-state index in [-0.39, 0.29) is 17.9 Å². The number of nitrogens with zero attached hydrogens (tertiary/aromatic N) is 1. The first-order valence-electron chi connectivity index (χ1n) is 15.2. The Hall–Kier alpha value is -1.70. The molecule has 1 saturated heterocycles. The third kappa shape index (κ3) is 8.40. The molecule has 3 fully saturated rings. The average Bonchev–Trinajstić information content (AvgIpc) is 2.89. The van der Waals surface area contributed by atoms with Crippen LogP contribution < -0.4 is 5.32 Å². The largest absolute Gasteiger partial charge is 0.378 e. The van der Waals surface area contributed by atoms with Crippen molar-refractivity contribution in [2.45, 2.75) is 108 Å². The number of piperidine rings is 1. The van der Waals surface area contributed by atoms with Crippen LogP contribution in [-0.2, 0) is 20.9 Å². The number of nitrogens with one attached hydrogen (secondary N) is 1. The Morgan fingerprint density at radius 3 is 2.64 bits per heavy atom. The third-order valence-corrected chi connectivity index (χ3v) is 10.3. The number of rotatable bonds is 14. The molecular weight excluding hydrogens is 508 g/mol. The number of benzene rings is 1. The van der Waals surface area contributed by atoms with Gasteiger partial charge in [0.2, 0.25) is 11.8 Å². The fourth-order valence-electron chi connectivity index (χ4n) is 7.28. The number of aldehydes is 1. The summed E-state index contributed by atoms with van der Waals surface area (Å²) in [4.78, 5) is 38.7. The van der Waals surface area contributed by atoms with Crippen molar-refractivity contribution in [1.29, 1.82) is 0 Å². The van der Waals surface area contributed by atoms with E-state index in [1.807, 2.05) is 24.1 Å². The Morgan fingerprint density at radius 1 is 1.05 bits per heavy atom. The van der Waals surface area contributed by atoms with Gasteiger partial charge >= 0.3 is 0 Å². The van der Waals surface area contributed by atoms with Gasteiger partial charge in [-0.15, -0.1) is 11.8 Å². The zero-order valence-electron chi connectivity index (χ0n) is 24.2. The number of ether oxygens (including phenoxy) is 1. The fourth-order valence-corrected chi connectivity index (χ4v) is 8.38. The van der Waals surface area contributed by atoms with E-state index in [2.05, 4.69) is 25.2 Å². The first-order valence-corrected chi connectivity index (χ1v) is 16.2. The molecule has 1 aromatic rings. The quantitative estimate of drug-likeness (QED) is 0.126. The summed E-state index contributed by atoms with van der Waals surface area (Å²) in [5.41, 5.74) is 1.64. The molecule has 0 spiro atoms. The summed E-state index contributed by atoms with van der Waals surface area (Å²) in [6.07, 6.45) is 13.7. The summed E-state index contributed by atoms with van der Waals surface area (Å²) >= 11 is 1.80. The van der Waals surface area contributed by atoms with Crippen molar-refractivity contribution in [2.75, 3.05) is 19.4 Å². The zero-order valence-corrected chi connectivity index (χ0v) is 25.0. The summed E-state index contributed by atoms with van der Waals surface area (Å²) in [7, 11) is 1.89. The maximum Gasteiger partial charge on any atom is 0.243 e. The highest BCUT2D eigenvalue weighted by Crippen LogP contribution is 2.46. The lowest BCUT2D eigenvalue weighted by molar-refractivity contribution is -0.137. The molecule has 3 aliphatic rings. The summed E-state index contributed by atoms with van der Waals surface area (Å²) in [5, 5.41) is 2.43.